The average Bonchev–Trinajstić information content (AvgIpc) is 2.77. The van der Waals surface area contributed by atoms with Crippen molar-refractivity contribution >= 4 is 5.78 Å². The van der Waals surface area contributed by atoms with E-state index in [1.54, 1.807) is 0 Å². The fourth-order valence-corrected chi connectivity index (χ4v) is 3.67. The number of rotatable bonds is 4. The molecule has 2 aliphatic rings. The van der Waals surface area contributed by atoms with Crippen LogP contribution in [-0.2, 0) is 4.74 Å². The third kappa shape index (κ3) is 3.80. The Bertz CT molecular complexity index is 1020. The molecule has 0 unspecified atom stereocenters. The van der Waals surface area contributed by atoms with E-state index in [1.807, 2.05) is 0 Å². The molecule has 7 N–H and O–H groups in total. The molecule has 2 heterocycles. The quantitative estimate of drug-likeness (QED) is 0.303. The van der Waals surface area contributed by atoms with Gasteiger partial charge in [0, 0.05) is 0 Å². The Morgan fingerprint density at radius 2 is 1.72 bits per heavy atom. The largest absolute Gasteiger partial charge is 0.504 e. The van der Waals surface area contributed by atoms with Crippen LogP contribution in [0.4, 0.5) is 0 Å². The first-order valence-corrected chi connectivity index (χ1v) is 9.76. The lowest BCUT2D eigenvalue weighted by Crippen LogP contribution is -2.60. The number of aliphatic hydroxyl groups is 4. The minimum atomic E-state index is -1.70. The van der Waals surface area contributed by atoms with Crippen molar-refractivity contribution in [1.29, 1.82) is 0 Å². The number of carbonyl (C=O) groups is 1. The lowest BCUT2D eigenvalue weighted by Gasteiger charge is -2.39. The molecule has 2 aliphatic heterocycles. The number of carbonyl (C=O) groups excluding carboxylic acids is 1. The van der Waals surface area contributed by atoms with Gasteiger partial charge < -0.3 is 50.0 Å². The molecule has 6 atom stereocenters. The van der Waals surface area contributed by atoms with Gasteiger partial charge in [-0.2, -0.15) is 0 Å². The monoisotopic (exact) mass is 450 g/mol. The van der Waals surface area contributed by atoms with Crippen molar-refractivity contribution in [2.75, 3.05) is 6.61 Å². The maximum Gasteiger partial charge on any atom is 0.229 e. The first-order chi connectivity index (χ1) is 15.2. The molecule has 0 spiro atoms. The molecule has 2 aromatic carbocycles. The van der Waals surface area contributed by atoms with E-state index in [0.29, 0.717) is 5.56 Å². The van der Waals surface area contributed by atoms with E-state index in [2.05, 4.69) is 0 Å². The Hall–Kier alpha value is -3.09. The van der Waals surface area contributed by atoms with Gasteiger partial charge >= 0.3 is 0 Å². The van der Waals surface area contributed by atoms with Gasteiger partial charge in [0.2, 0.25) is 12.0 Å². The maximum absolute atomic E-state index is 12.6. The summed E-state index contributed by atoms with van der Waals surface area (Å²) in [6.45, 7) is -0.653. The van der Waals surface area contributed by atoms with Gasteiger partial charge in [-0.15, -0.1) is 0 Å². The summed E-state index contributed by atoms with van der Waals surface area (Å²) in [6.07, 6.45) is -8.64. The second-order valence-electron chi connectivity index (χ2n) is 7.59. The van der Waals surface area contributed by atoms with Gasteiger partial charge in [-0.25, -0.2) is 0 Å². The SMILES string of the molecule is O=C1C[C@H](c2ccc(O)c(O)c2)Oc2c1ccc(O[C@H]1O[C@@H](CO)[C@H](O)[C@@H](O)[C@@H]1O)c2O. The summed E-state index contributed by atoms with van der Waals surface area (Å²) in [5.41, 5.74) is 0.474. The number of Topliss-reactive ketones (excluding diaryl/α,β-unsaturated/α-hetero) is 1. The van der Waals surface area contributed by atoms with E-state index in [1.165, 1.54) is 30.3 Å². The van der Waals surface area contributed by atoms with Crippen molar-refractivity contribution in [3.05, 3.63) is 41.5 Å². The molecule has 4 rings (SSSR count). The van der Waals surface area contributed by atoms with Gasteiger partial charge in [0.25, 0.3) is 0 Å². The molecular formula is C21H22O11. The number of aromatic hydroxyl groups is 3. The molecule has 0 bridgehead atoms. The molecule has 32 heavy (non-hydrogen) atoms. The minimum Gasteiger partial charge on any atom is -0.504 e. The number of hydrogen-bond donors (Lipinski definition) is 7. The summed E-state index contributed by atoms with van der Waals surface area (Å²) in [5.74, 6) is -2.09. The van der Waals surface area contributed by atoms with E-state index < -0.39 is 54.9 Å². The molecule has 0 amide bonds. The Kier molecular flexibility index (Phi) is 5.84. The lowest BCUT2D eigenvalue weighted by molar-refractivity contribution is -0.277. The molecule has 11 nitrogen and oxygen atoms in total. The van der Waals surface area contributed by atoms with E-state index in [0.717, 1.165) is 0 Å². The molecule has 1 fully saturated rings. The van der Waals surface area contributed by atoms with E-state index >= 15 is 0 Å². The maximum atomic E-state index is 12.6. The molecule has 0 aromatic heterocycles. The number of phenolic OH excluding ortho intramolecular Hbond substituents is 3. The van der Waals surface area contributed by atoms with Crippen LogP contribution in [0.2, 0.25) is 0 Å². The topological polar surface area (TPSA) is 186 Å². The van der Waals surface area contributed by atoms with Crippen molar-refractivity contribution in [2.45, 2.75) is 43.2 Å². The van der Waals surface area contributed by atoms with Crippen LogP contribution in [0.5, 0.6) is 28.7 Å². The zero-order valence-corrected chi connectivity index (χ0v) is 16.5. The minimum absolute atomic E-state index is 0.0798. The molecule has 0 radical (unpaired) electrons. The summed E-state index contributed by atoms with van der Waals surface area (Å²) < 4.78 is 16.5. The second-order valence-corrected chi connectivity index (χ2v) is 7.59. The normalized spacial score (nSPS) is 29.8. The predicted molar refractivity (Wildman–Crippen MR) is 105 cm³/mol. The summed E-state index contributed by atoms with van der Waals surface area (Å²) in [5, 5.41) is 69.1. The van der Waals surface area contributed by atoms with Crippen LogP contribution in [0.3, 0.4) is 0 Å². The van der Waals surface area contributed by atoms with Crippen molar-refractivity contribution < 1.29 is 54.8 Å². The van der Waals surface area contributed by atoms with Gasteiger partial charge in [-0.05, 0) is 29.8 Å². The van der Waals surface area contributed by atoms with Crippen molar-refractivity contribution in [1.82, 2.24) is 0 Å². The van der Waals surface area contributed by atoms with Crippen LogP contribution < -0.4 is 9.47 Å². The molecular weight excluding hydrogens is 428 g/mol. The average molecular weight is 450 g/mol. The number of benzene rings is 2. The molecule has 2 aromatic rings. The number of ether oxygens (including phenoxy) is 3. The Morgan fingerprint density at radius 1 is 0.969 bits per heavy atom. The van der Waals surface area contributed by atoms with Crippen LogP contribution in [0.25, 0.3) is 0 Å². The first kappa shape index (κ1) is 22.1. The third-order valence-corrected chi connectivity index (χ3v) is 5.49. The van der Waals surface area contributed by atoms with Crippen LogP contribution in [-0.4, -0.2) is 78.8 Å². The Labute approximate surface area is 181 Å². The highest BCUT2D eigenvalue weighted by atomic mass is 16.7. The van der Waals surface area contributed by atoms with Gasteiger partial charge in [0.05, 0.1) is 18.6 Å². The third-order valence-electron chi connectivity index (χ3n) is 5.49. The molecule has 1 saturated heterocycles. The first-order valence-electron chi connectivity index (χ1n) is 9.76. The van der Waals surface area contributed by atoms with Gasteiger partial charge in [-0.1, -0.05) is 6.07 Å². The summed E-state index contributed by atoms with van der Waals surface area (Å²) in [6, 6.07) is 6.55. The van der Waals surface area contributed by atoms with Crippen LogP contribution in [0.15, 0.2) is 30.3 Å². The van der Waals surface area contributed by atoms with Crippen molar-refractivity contribution in [2.24, 2.45) is 0 Å². The fourth-order valence-electron chi connectivity index (χ4n) is 3.67. The van der Waals surface area contributed by atoms with Gasteiger partial charge in [0.15, 0.2) is 28.8 Å². The van der Waals surface area contributed by atoms with Crippen LogP contribution >= 0.6 is 0 Å². The van der Waals surface area contributed by atoms with E-state index in [4.69, 9.17) is 14.2 Å². The highest BCUT2D eigenvalue weighted by molar-refractivity contribution is 6.01. The van der Waals surface area contributed by atoms with Gasteiger partial charge in [-0.3, -0.25) is 4.79 Å². The lowest BCUT2D eigenvalue weighted by atomic mass is 9.95. The summed E-state index contributed by atoms with van der Waals surface area (Å²) in [7, 11) is 0. The van der Waals surface area contributed by atoms with Gasteiger partial charge in [0.1, 0.15) is 30.5 Å². The number of phenols is 3. The number of ketones is 1. The predicted octanol–water partition coefficient (Wildman–Crippen LogP) is -0.311. The highest BCUT2D eigenvalue weighted by Crippen LogP contribution is 2.46. The number of fused-ring (bicyclic) bond motifs is 1. The number of hydrogen-bond acceptors (Lipinski definition) is 11. The zero-order valence-electron chi connectivity index (χ0n) is 16.5. The summed E-state index contributed by atoms with van der Waals surface area (Å²) >= 11 is 0. The number of aliphatic hydroxyl groups excluding tert-OH is 4. The van der Waals surface area contributed by atoms with E-state index in [-0.39, 0.29) is 35.0 Å². The second kappa shape index (κ2) is 8.45. The Morgan fingerprint density at radius 3 is 2.41 bits per heavy atom. The van der Waals surface area contributed by atoms with Crippen molar-refractivity contribution in [3.8, 4) is 28.7 Å². The highest BCUT2D eigenvalue weighted by Gasteiger charge is 2.45. The molecule has 172 valence electrons. The van der Waals surface area contributed by atoms with Crippen LogP contribution in [0, 0.1) is 0 Å². The molecule has 11 heteroatoms. The Balaban J connectivity index is 1.61. The molecule has 0 saturated carbocycles. The summed E-state index contributed by atoms with van der Waals surface area (Å²) in [4.78, 5) is 12.6. The smallest absolute Gasteiger partial charge is 0.229 e. The molecule has 0 aliphatic carbocycles. The van der Waals surface area contributed by atoms with Crippen molar-refractivity contribution in [3.63, 3.8) is 0 Å². The van der Waals surface area contributed by atoms with Crippen LogP contribution in [0.1, 0.15) is 28.4 Å². The van der Waals surface area contributed by atoms with E-state index in [9.17, 15) is 40.5 Å². The zero-order chi connectivity index (χ0) is 23.2. The standard InChI is InChI=1S/C21H22O11/c22-7-15-16(26)18(28)19(29)21(32-15)31-13-4-2-9-11(24)6-14(30-20(9)17(13)27)8-1-3-10(23)12(25)5-8/h1-5,14-16,18-19,21-23,25-29H,6-7H2/t14-,15+,16+,18-,19+,21+/m1/s1. The fraction of sp³-hybridized carbons (Fsp3) is 0.381.